The van der Waals surface area contributed by atoms with Crippen molar-refractivity contribution in [3.63, 3.8) is 0 Å². The first kappa shape index (κ1) is 21.9. The highest BCUT2D eigenvalue weighted by atomic mass is 35.5. The highest BCUT2D eigenvalue weighted by Gasteiger charge is 2.11. The van der Waals surface area contributed by atoms with E-state index in [9.17, 15) is 4.79 Å². The Hall–Kier alpha value is -3.29. The van der Waals surface area contributed by atoms with E-state index < -0.39 is 0 Å². The smallest absolute Gasteiger partial charge is 0.262 e. The normalized spacial score (nSPS) is 10.9. The van der Waals surface area contributed by atoms with Crippen LogP contribution in [0.1, 0.15) is 11.1 Å². The van der Waals surface area contributed by atoms with Crippen LogP contribution in [-0.2, 0) is 4.79 Å². The monoisotopic (exact) mass is 470 g/mol. The second-order valence-electron chi connectivity index (χ2n) is 7.22. The zero-order chi connectivity index (χ0) is 22.8. The van der Waals surface area contributed by atoms with Gasteiger partial charge in [0.15, 0.2) is 6.61 Å². The van der Waals surface area contributed by atoms with Crippen LogP contribution in [0.2, 0.25) is 10.0 Å². The predicted molar refractivity (Wildman–Crippen MR) is 125 cm³/mol. The summed E-state index contributed by atoms with van der Waals surface area (Å²) >= 11 is 12.4. The number of aryl methyl sites for hydroxylation is 2. The number of hydrogen-bond acceptors (Lipinski definition) is 5. The minimum atomic E-state index is -0.288. The van der Waals surface area contributed by atoms with Crippen molar-refractivity contribution in [2.75, 3.05) is 19.0 Å². The van der Waals surface area contributed by atoms with Gasteiger partial charge in [-0.2, -0.15) is 4.80 Å². The Bertz CT molecular complexity index is 1300. The van der Waals surface area contributed by atoms with Crippen molar-refractivity contribution in [3.8, 4) is 17.2 Å². The highest BCUT2D eigenvalue weighted by Crippen LogP contribution is 2.27. The number of anilines is 1. The lowest BCUT2D eigenvalue weighted by molar-refractivity contribution is -0.118. The van der Waals surface area contributed by atoms with Crippen LogP contribution in [0.5, 0.6) is 11.5 Å². The second-order valence-corrected chi connectivity index (χ2v) is 8.00. The maximum absolute atomic E-state index is 12.4. The molecule has 7 nitrogen and oxygen atoms in total. The van der Waals surface area contributed by atoms with Crippen molar-refractivity contribution in [1.29, 1.82) is 0 Å². The van der Waals surface area contributed by atoms with E-state index in [0.29, 0.717) is 44.0 Å². The third kappa shape index (κ3) is 4.64. The number of fused-ring (bicyclic) bond motifs is 1. The van der Waals surface area contributed by atoms with Gasteiger partial charge in [-0.1, -0.05) is 23.2 Å². The molecule has 1 amide bonds. The first-order chi connectivity index (χ1) is 15.3. The summed E-state index contributed by atoms with van der Waals surface area (Å²) in [5, 5.41) is 12.9. The lowest BCUT2D eigenvalue weighted by Crippen LogP contribution is -2.20. The molecule has 0 fully saturated rings. The van der Waals surface area contributed by atoms with E-state index in [0.717, 1.165) is 11.1 Å². The van der Waals surface area contributed by atoms with Crippen LogP contribution in [0, 0.1) is 13.8 Å². The molecule has 0 saturated heterocycles. The molecular weight excluding hydrogens is 451 g/mol. The van der Waals surface area contributed by atoms with Crippen LogP contribution < -0.4 is 14.8 Å². The SMILES string of the molecule is COc1ccc(-n2nc3ccc(NC(=O)COc4cc(C)c(Cl)c(C)c4)cc3n2)cc1Cl. The number of nitrogens with one attached hydrogen (secondary N) is 1. The molecule has 0 aliphatic rings. The molecule has 4 aromatic rings. The number of carbonyl (C=O) groups is 1. The fraction of sp³-hybridized carbons (Fsp3) is 0.174. The third-order valence-corrected chi connectivity index (χ3v) is 5.70. The zero-order valence-corrected chi connectivity index (χ0v) is 19.2. The van der Waals surface area contributed by atoms with Crippen LogP contribution in [-0.4, -0.2) is 34.6 Å². The number of halogens is 2. The van der Waals surface area contributed by atoms with Crippen molar-refractivity contribution < 1.29 is 14.3 Å². The number of amides is 1. The number of benzene rings is 3. The van der Waals surface area contributed by atoms with Gasteiger partial charge in [0.05, 0.1) is 17.8 Å². The summed E-state index contributed by atoms with van der Waals surface area (Å²) in [7, 11) is 1.56. The van der Waals surface area contributed by atoms with E-state index in [1.165, 1.54) is 4.80 Å². The molecule has 0 spiro atoms. The summed E-state index contributed by atoms with van der Waals surface area (Å²) in [5.74, 6) is 0.878. The summed E-state index contributed by atoms with van der Waals surface area (Å²) in [6.07, 6.45) is 0. The minimum absolute atomic E-state index is 0.129. The fourth-order valence-electron chi connectivity index (χ4n) is 3.22. The summed E-state index contributed by atoms with van der Waals surface area (Å²) in [4.78, 5) is 13.8. The fourth-order valence-corrected chi connectivity index (χ4v) is 3.58. The summed E-state index contributed by atoms with van der Waals surface area (Å²) in [6, 6.07) is 14.2. The number of nitrogens with zero attached hydrogens (tertiary/aromatic N) is 3. The van der Waals surface area contributed by atoms with E-state index in [-0.39, 0.29) is 12.5 Å². The summed E-state index contributed by atoms with van der Waals surface area (Å²) in [5.41, 5.74) is 4.38. The van der Waals surface area contributed by atoms with Crippen molar-refractivity contribution in [3.05, 3.63) is 69.7 Å². The first-order valence-corrected chi connectivity index (χ1v) is 10.5. The molecule has 1 N–H and O–H groups in total. The van der Waals surface area contributed by atoms with Gasteiger partial charge in [-0.05, 0) is 73.5 Å². The minimum Gasteiger partial charge on any atom is -0.495 e. The number of ether oxygens (including phenoxy) is 2. The van der Waals surface area contributed by atoms with E-state index in [4.69, 9.17) is 32.7 Å². The molecule has 0 radical (unpaired) electrons. The molecule has 0 saturated carbocycles. The Morgan fingerprint density at radius 3 is 2.41 bits per heavy atom. The van der Waals surface area contributed by atoms with Gasteiger partial charge in [0.25, 0.3) is 5.91 Å². The molecule has 1 heterocycles. The Morgan fingerprint density at radius 1 is 1.00 bits per heavy atom. The molecule has 0 bridgehead atoms. The molecule has 3 aromatic carbocycles. The number of aromatic nitrogens is 3. The maximum Gasteiger partial charge on any atom is 0.262 e. The summed E-state index contributed by atoms with van der Waals surface area (Å²) < 4.78 is 10.8. The molecule has 9 heteroatoms. The van der Waals surface area contributed by atoms with Crippen LogP contribution in [0.4, 0.5) is 5.69 Å². The largest absolute Gasteiger partial charge is 0.495 e. The number of rotatable bonds is 6. The van der Waals surface area contributed by atoms with Crippen LogP contribution in [0.15, 0.2) is 48.5 Å². The van der Waals surface area contributed by atoms with Gasteiger partial charge < -0.3 is 14.8 Å². The average molecular weight is 471 g/mol. The molecule has 32 heavy (non-hydrogen) atoms. The van der Waals surface area contributed by atoms with Crippen LogP contribution >= 0.6 is 23.2 Å². The van der Waals surface area contributed by atoms with Crippen molar-refractivity contribution in [2.24, 2.45) is 0 Å². The molecule has 0 aliphatic carbocycles. The third-order valence-electron chi connectivity index (χ3n) is 4.81. The van der Waals surface area contributed by atoms with E-state index in [2.05, 4.69) is 15.5 Å². The average Bonchev–Trinajstić information content (AvgIpc) is 3.19. The topological polar surface area (TPSA) is 78.3 Å². The second kappa shape index (κ2) is 9.06. The van der Waals surface area contributed by atoms with Gasteiger partial charge in [0, 0.05) is 10.7 Å². The summed E-state index contributed by atoms with van der Waals surface area (Å²) in [6.45, 7) is 3.66. The lowest BCUT2D eigenvalue weighted by atomic mass is 10.1. The molecule has 164 valence electrons. The molecule has 1 aromatic heterocycles. The van der Waals surface area contributed by atoms with Gasteiger partial charge in [-0.15, -0.1) is 10.2 Å². The van der Waals surface area contributed by atoms with Crippen molar-refractivity contribution in [2.45, 2.75) is 13.8 Å². The van der Waals surface area contributed by atoms with E-state index in [1.807, 2.05) is 19.9 Å². The number of hydrogen-bond donors (Lipinski definition) is 1. The van der Waals surface area contributed by atoms with E-state index in [1.54, 1.807) is 49.6 Å². The number of carbonyl (C=O) groups excluding carboxylic acids is 1. The van der Waals surface area contributed by atoms with Crippen molar-refractivity contribution >= 4 is 45.8 Å². The molecule has 0 atom stereocenters. The lowest BCUT2D eigenvalue weighted by Gasteiger charge is -2.10. The standard InChI is InChI=1S/C23H20Cl2N4O3/c1-13-8-17(9-14(2)23(13)25)32-12-22(30)26-15-4-6-19-20(10-15)28-29(27-19)16-5-7-21(31-3)18(24)11-16/h4-11H,12H2,1-3H3,(H,26,30). The maximum atomic E-state index is 12.4. The highest BCUT2D eigenvalue weighted by molar-refractivity contribution is 6.32. The van der Waals surface area contributed by atoms with Gasteiger partial charge >= 0.3 is 0 Å². The van der Waals surface area contributed by atoms with Gasteiger partial charge in [0.2, 0.25) is 0 Å². The van der Waals surface area contributed by atoms with Crippen LogP contribution in [0.25, 0.3) is 16.7 Å². The van der Waals surface area contributed by atoms with Gasteiger partial charge in [0.1, 0.15) is 22.5 Å². The van der Waals surface area contributed by atoms with Crippen LogP contribution in [0.3, 0.4) is 0 Å². The van der Waals surface area contributed by atoms with Gasteiger partial charge in [-0.25, -0.2) is 0 Å². The first-order valence-electron chi connectivity index (χ1n) is 9.74. The van der Waals surface area contributed by atoms with Gasteiger partial charge in [-0.3, -0.25) is 4.79 Å². The number of methoxy groups -OCH3 is 1. The zero-order valence-electron chi connectivity index (χ0n) is 17.6. The Labute approximate surface area is 194 Å². The molecule has 0 aliphatic heterocycles. The van der Waals surface area contributed by atoms with Crippen molar-refractivity contribution in [1.82, 2.24) is 15.0 Å². The molecular formula is C23H20Cl2N4O3. The Kier molecular flexibility index (Phi) is 6.21. The molecule has 0 unspecified atom stereocenters. The van der Waals surface area contributed by atoms with E-state index >= 15 is 0 Å². The predicted octanol–water partition coefficient (Wildman–Crippen LogP) is 5.37. The quantitative estimate of drug-likeness (QED) is 0.409. The Balaban J connectivity index is 1.46. The molecule has 4 rings (SSSR count). The Morgan fingerprint density at radius 2 is 1.72 bits per heavy atom.